The van der Waals surface area contributed by atoms with E-state index in [0.717, 1.165) is 20.9 Å². The summed E-state index contributed by atoms with van der Waals surface area (Å²) >= 11 is 9.19. The highest BCUT2D eigenvalue weighted by Crippen LogP contribution is 2.32. The van der Waals surface area contributed by atoms with Crippen LogP contribution in [-0.4, -0.2) is 23.8 Å². The van der Waals surface area contributed by atoms with Crippen molar-refractivity contribution < 1.29 is 13.9 Å². The number of aromatic nitrogens is 1. The first-order valence-corrected chi connectivity index (χ1v) is 11.5. The molecule has 2 aromatic carbocycles. The van der Waals surface area contributed by atoms with E-state index >= 15 is 0 Å². The highest BCUT2D eigenvalue weighted by molar-refractivity contribution is 7.99. The van der Waals surface area contributed by atoms with Gasteiger partial charge in [0, 0.05) is 22.1 Å². The van der Waals surface area contributed by atoms with Crippen LogP contribution in [0.25, 0.3) is 10.2 Å². The lowest BCUT2D eigenvalue weighted by Gasteiger charge is -2.18. The standard InChI is InChI=1S/C22H19ClN2O3S2/c1-27-16-5-7-18(8-6-16)29-12-10-21(26)25(14-17-3-2-11-28-17)22-24-19-9-4-15(23)13-20(19)30-22/h2-9,11,13H,10,12,14H2,1H3. The molecule has 0 unspecified atom stereocenters. The number of hydrogen-bond donors (Lipinski definition) is 0. The van der Waals surface area contributed by atoms with Crippen LogP contribution in [0.1, 0.15) is 12.2 Å². The van der Waals surface area contributed by atoms with Crippen LogP contribution in [0.5, 0.6) is 5.75 Å². The van der Waals surface area contributed by atoms with Crippen LogP contribution in [0.4, 0.5) is 5.13 Å². The number of nitrogens with zero attached hydrogens (tertiary/aromatic N) is 2. The van der Waals surface area contributed by atoms with E-state index in [2.05, 4.69) is 4.98 Å². The molecule has 0 fully saturated rings. The predicted octanol–water partition coefficient (Wildman–Crippen LogP) is 6.27. The largest absolute Gasteiger partial charge is 0.497 e. The number of anilines is 1. The van der Waals surface area contributed by atoms with Crippen LogP contribution >= 0.6 is 34.7 Å². The second kappa shape index (κ2) is 9.55. The Bertz CT molecular complexity index is 1130. The van der Waals surface area contributed by atoms with Gasteiger partial charge < -0.3 is 9.15 Å². The predicted molar refractivity (Wildman–Crippen MR) is 123 cm³/mol. The number of thiazole rings is 1. The maximum absolute atomic E-state index is 13.1. The monoisotopic (exact) mass is 458 g/mol. The van der Waals surface area contributed by atoms with Gasteiger partial charge in [0.1, 0.15) is 11.5 Å². The molecule has 0 spiro atoms. The van der Waals surface area contributed by atoms with Gasteiger partial charge in [0.25, 0.3) is 0 Å². The first-order chi connectivity index (χ1) is 14.6. The number of methoxy groups -OCH3 is 1. The molecule has 0 saturated heterocycles. The fourth-order valence-electron chi connectivity index (χ4n) is 2.89. The molecule has 0 radical (unpaired) electrons. The lowest BCUT2D eigenvalue weighted by atomic mass is 10.3. The number of rotatable bonds is 8. The van der Waals surface area contributed by atoms with Crippen molar-refractivity contribution in [3.8, 4) is 5.75 Å². The van der Waals surface area contributed by atoms with Crippen molar-refractivity contribution >= 4 is 56.0 Å². The number of furan rings is 1. The van der Waals surface area contributed by atoms with Crippen LogP contribution in [0.15, 0.2) is 70.2 Å². The Balaban J connectivity index is 1.48. The van der Waals surface area contributed by atoms with Crippen molar-refractivity contribution in [2.75, 3.05) is 17.8 Å². The summed E-state index contributed by atoms with van der Waals surface area (Å²) in [4.78, 5) is 20.5. The Morgan fingerprint density at radius 1 is 1.23 bits per heavy atom. The zero-order valence-electron chi connectivity index (χ0n) is 16.2. The van der Waals surface area contributed by atoms with E-state index in [1.165, 1.54) is 11.3 Å². The lowest BCUT2D eigenvalue weighted by Crippen LogP contribution is -2.30. The van der Waals surface area contributed by atoms with Crippen LogP contribution in [0, 0.1) is 0 Å². The molecule has 0 aliphatic carbocycles. The summed E-state index contributed by atoms with van der Waals surface area (Å²) in [5, 5.41) is 1.29. The third-order valence-electron chi connectivity index (χ3n) is 4.41. The van der Waals surface area contributed by atoms with Gasteiger partial charge >= 0.3 is 0 Å². The van der Waals surface area contributed by atoms with E-state index in [-0.39, 0.29) is 5.91 Å². The van der Waals surface area contributed by atoms with E-state index in [0.29, 0.717) is 34.6 Å². The molecular weight excluding hydrogens is 440 g/mol. The van der Waals surface area contributed by atoms with Crippen molar-refractivity contribution in [1.29, 1.82) is 0 Å². The van der Waals surface area contributed by atoms with Crippen LogP contribution in [-0.2, 0) is 11.3 Å². The van der Waals surface area contributed by atoms with E-state index in [1.54, 1.807) is 36.1 Å². The van der Waals surface area contributed by atoms with Crippen molar-refractivity contribution in [1.82, 2.24) is 4.98 Å². The molecule has 0 atom stereocenters. The number of hydrogen-bond acceptors (Lipinski definition) is 6. The first kappa shape index (κ1) is 20.8. The number of amides is 1. The van der Waals surface area contributed by atoms with Crippen molar-refractivity contribution in [2.24, 2.45) is 0 Å². The van der Waals surface area contributed by atoms with E-state index < -0.39 is 0 Å². The molecule has 4 rings (SSSR count). The molecule has 2 heterocycles. The van der Waals surface area contributed by atoms with Gasteiger partial charge in [-0.1, -0.05) is 22.9 Å². The Morgan fingerprint density at radius 3 is 2.80 bits per heavy atom. The van der Waals surface area contributed by atoms with Gasteiger partial charge in [-0.15, -0.1) is 11.8 Å². The molecule has 0 aliphatic rings. The van der Waals surface area contributed by atoms with Gasteiger partial charge in [0.2, 0.25) is 5.91 Å². The number of ether oxygens (including phenoxy) is 1. The Kier molecular flexibility index (Phi) is 6.62. The Labute approximate surface area is 187 Å². The fourth-order valence-corrected chi connectivity index (χ4v) is 4.98. The number of thioether (sulfide) groups is 1. The quantitative estimate of drug-likeness (QED) is 0.291. The lowest BCUT2D eigenvalue weighted by molar-refractivity contribution is -0.118. The van der Waals surface area contributed by atoms with E-state index in [1.807, 2.05) is 48.5 Å². The van der Waals surface area contributed by atoms with Crippen molar-refractivity contribution in [3.63, 3.8) is 0 Å². The Morgan fingerprint density at radius 2 is 2.07 bits per heavy atom. The third-order valence-corrected chi connectivity index (χ3v) is 6.70. The minimum Gasteiger partial charge on any atom is -0.497 e. The smallest absolute Gasteiger partial charge is 0.230 e. The number of fused-ring (bicyclic) bond motifs is 1. The fraction of sp³-hybridized carbons (Fsp3) is 0.182. The van der Waals surface area contributed by atoms with Crippen LogP contribution < -0.4 is 9.64 Å². The average molecular weight is 459 g/mol. The maximum atomic E-state index is 13.1. The Hall–Kier alpha value is -2.48. The summed E-state index contributed by atoms with van der Waals surface area (Å²) in [5.41, 5.74) is 0.823. The van der Waals surface area contributed by atoms with E-state index in [4.69, 9.17) is 20.8 Å². The highest BCUT2D eigenvalue weighted by atomic mass is 35.5. The molecule has 2 aromatic heterocycles. The highest BCUT2D eigenvalue weighted by Gasteiger charge is 2.21. The molecule has 8 heteroatoms. The molecule has 0 N–H and O–H groups in total. The number of benzene rings is 2. The van der Waals surface area contributed by atoms with Gasteiger partial charge in [-0.3, -0.25) is 9.69 Å². The number of carbonyl (C=O) groups excluding carboxylic acids is 1. The zero-order chi connectivity index (χ0) is 20.9. The zero-order valence-corrected chi connectivity index (χ0v) is 18.6. The molecule has 5 nitrogen and oxygen atoms in total. The van der Waals surface area contributed by atoms with Crippen LogP contribution in [0.2, 0.25) is 5.02 Å². The summed E-state index contributed by atoms with van der Waals surface area (Å²) in [7, 11) is 1.64. The number of carbonyl (C=O) groups is 1. The van der Waals surface area contributed by atoms with E-state index in [9.17, 15) is 4.79 Å². The van der Waals surface area contributed by atoms with Gasteiger partial charge in [0.15, 0.2) is 5.13 Å². The summed E-state index contributed by atoms with van der Waals surface area (Å²) in [6.45, 7) is 0.340. The summed E-state index contributed by atoms with van der Waals surface area (Å²) in [5.74, 6) is 2.19. The topological polar surface area (TPSA) is 55.6 Å². The summed E-state index contributed by atoms with van der Waals surface area (Å²) in [6, 6.07) is 17.0. The molecule has 1 amide bonds. The molecule has 154 valence electrons. The minimum absolute atomic E-state index is 0.00225. The molecule has 0 bridgehead atoms. The first-order valence-electron chi connectivity index (χ1n) is 9.28. The second-order valence-corrected chi connectivity index (χ2v) is 9.06. The van der Waals surface area contributed by atoms with Crippen LogP contribution in [0.3, 0.4) is 0 Å². The maximum Gasteiger partial charge on any atom is 0.230 e. The third kappa shape index (κ3) is 4.98. The van der Waals surface area contributed by atoms with Gasteiger partial charge in [-0.2, -0.15) is 0 Å². The van der Waals surface area contributed by atoms with Gasteiger partial charge in [-0.05, 0) is 54.6 Å². The van der Waals surface area contributed by atoms with Gasteiger partial charge in [0.05, 0.1) is 30.1 Å². The molecule has 0 saturated carbocycles. The summed E-state index contributed by atoms with van der Waals surface area (Å²) in [6.07, 6.45) is 1.99. The summed E-state index contributed by atoms with van der Waals surface area (Å²) < 4.78 is 11.6. The molecule has 0 aliphatic heterocycles. The SMILES string of the molecule is COc1ccc(SCCC(=O)N(Cc2ccco2)c2nc3ccc(Cl)cc3s2)cc1. The molecule has 4 aromatic rings. The van der Waals surface area contributed by atoms with Crippen molar-refractivity contribution in [3.05, 3.63) is 71.6 Å². The minimum atomic E-state index is -0.00225. The van der Waals surface area contributed by atoms with Gasteiger partial charge in [-0.25, -0.2) is 4.98 Å². The number of halogens is 1. The normalized spacial score (nSPS) is 11.0. The van der Waals surface area contributed by atoms with Crippen molar-refractivity contribution in [2.45, 2.75) is 17.9 Å². The molecule has 30 heavy (non-hydrogen) atoms. The molecular formula is C22H19ClN2O3S2. The average Bonchev–Trinajstić information content (AvgIpc) is 3.41. The second-order valence-electron chi connectivity index (χ2n) is 6.44.